The van der Waals surface area contributed by atoms with Gasteiger partial charge < -0.3 is 5.32 Å². The average Bonchev–Trinajstić information content (AvgIpc) is 2.74. The van der Waals surface area contributed by atoms with Crippen molar-refractivity contribution in [1.82, 2.24) is 4.72 Å². The number of carbonyl (C=O) groups excluding carboxylic acids is 1. The molecule has 0 saturated heterocycles. The van der Waals surface area contributed by atoms with Crippen molar-refractivity contribution in [2.24, 2.45) is 0 Å². The van der Waals surface area contributed by atoms with Crippen LogP contribution in [0.15, 0.2) is 89.8 Å². The molecule has 0 aliphatic rings. The molecule has 0 fully saturated rings. The fourth-order valence-electron chi connectivity index (χ4n) is 2.95. The lowest BCUT2D eigenvalue weighted by Gasteiger charge is -2.20. The summed E-state index contributed by atoms with van der Waals surface area (Å²) in [5.74, 6) is -0.903. The Morgan fingerprint density at radius 1 is 0.839 bits per heavy atom. The maximum Gasteiger partial charge on any atom is 0.418 e. The van der Waals surface area contributed by atoms with Crippen molar-refractivity contribution in [3.8, 4) is 0 Å². The first-order chi connectivity index (χ1) is 14.7. The lowest BCUT2D eigenvalue weighted by molar-refractivity contribution is -0.137. The third-order valence-electron chi connectivity index (χ3n) is 4.44. The van der Waals surface area contributed by atoms with Crippen LogP contribution in [0.4, 0.5) is 18.9 Å². The van der Waals surface area contributed by atoms with Crippen LogP contribution in [-0.2, 0) is 27.4 Å². The Kier molecular flexibility index (Phi) is 6.77. The number of alkyl halides is 3. The molecule has 3 aromatic carbocycles. The van der Waals surface area contributed by atoms with E-state index in [1.54, 1.807) is 36.4 Å². The van der Waals surface area contributed by atoms with Crippen LogP contribution in [0.1, 0.15) is 11.1 Å². The minimum Gasteiger partial charge on any atom is -0.324 e. The Hall–Kier alpha value is -3.17. The average molecular weight is 448 g/mol. The highest BCUT2D eigenvalue weighted by Gasteiger charge is 2.34. The Bertz CT molecular complexity index is 1140. The number of halogens is 3. The highest BCUT2D eigenvalue weighted by atomic mass is 32.2. The first kappa shape index (κ1) is 22.5. The van der Waals surface area contributed by atoms with Gasteiger partial charge in [0.1, 0.15) is 6.04 Å². The highest BCUT2D eigenvalue weighted by molar-refractivity contribution is 7.89. The zero-order valence-electron chi connectivity index (χ0n) is 16.1. The van der Waals surface area contributed by atoms with Crippen molar-refractivity contribution in [3.05, 3.63) is 96.1 Å². The predicted octanol–water partition coefficient (Wildman–Crippen LogP) is 4.23. The van der Waals surface area contributed by atoms with Crippen molar-refractivity contribution in [2.75, 3.05) is 5.32 Å². The second kappa shape index (κ2) is 9.32. The minimum absolute atomic E-state index is 0.0487. The van der Waals surface area contributed by atoms with Crippen LogP contribution in [0.25, 0.3) is 0 Å². The van der Waals surface area contributed by atoms with Gasteiger partial charge in [-0.1, -0.05) is 60.7 Å². The van der Waals surface area contributed by atoms with Crippen molar-refractivity contribution in [2.45, 2.75) is 23.5 Å². The predicted molar refractivity (Wildman–Crippen MR) is 111 cm³/mol. The van der Waals surface area contributed by atoms with Gasteiger partial charge in [0.2, 0.25) is 15.9 Å². The fourth-order valence-corrected chi connectivity index (χ4v) is 4.17. The smallest absolute Gasteiger partial charge is 0.324 e. The van der Waals surface area contributed by atoms with Gasteiger partial charge in [-0.25, -0.2) is 8.42 Å². The molecule has 2 N–H and O–H groups in total. The van der Waals surface area contributed by atoms with E-state index in [4.69, 9.17) is 0 Å². The van der Waals surface area contributed by atoms with E-state index in [1.165, 1.54) is 36.4 Å². The third-order valence-corrected chi connectivity index (χ3v) is 5.93. The molecule has 1 amide bonds. The summed E-state index contributed by atoms with van der Waals surface area (Å²) in [5, 5.41) is 2.23. The Morgan fingerprint density at radius 2 is 1.39 bits per heavy atom. The van der Waals surface area contributed by atoms with E-state index in [0.29, 0.717) is 5.56 Å². The van der Waals surface area contributed by atoms with Crippen molar-refractivity contribution >= 4 is 21.6 Å². The molecule has 0 aromatic heterocycles. The summed E-state index contributed by atoms with van der Waals surface area (Å²) in [7, 11) is -4.09. The summed E-state index contributed by atoms with van der Waals surface area (Å²) in [5.41, 5.74) is -0.827. The van der Waals surface area contributed by atoms with Crippen molar-refractivity contribution in [3.63, 3.8) is 0 Å². The number of hydrogen-bond acceptors (Lipinski definition) is 3. The van der Waals surface area contributed by atoms with Gasteiger partial charge in [0, 0.05) is 0 Å². The molecule has 5 nitrogen and oxygen atoms in total. The molecule has 162 valence electrons. The molecule has 0 aliphatic carbocycles. The van der Waals surface area contributed by atoms with E-state index in [1.807, 2.05) is 0 Å². The molecule has 3 rings (SSSR count). The second-order valence-electron chi connectivity index (χ2n) is 6.71. The number of benzene rings is 3. The number of carbonyl (C=O) groups is 1. The topological polar surface area (TPSA) is 75.3 Å². The largest absolute Gasteiger partial charge is 0.418 e. The fraction of sp³-hybridized carbons (Fsp3) is 0.136. The number of para-hydroxylation sites is 1. The Labute approximate surface area is 178 Å². The molecule has 0 heterocycles. The molecule has 0 spiro atoms. The van der Waals surface area contributed by atoms with Gasteiger partial charge in [-0.2, -0.15) is 17.9 Å². The summed E-state index contributed by atoms with van der Waals surface area (Å²) >= 11 is 0. The first-order valence-electron chi connectivity index (χ1n) is 9.25. The summed E-state index contributed by atoms with van der Waals surface area (Å²) < 4.78 is 67.6. The van der Waals surface area contributed by atoms with E-state index in [9.17, 15) is 26.4 Å². The van der Waals surface area contributed by atoms with Gasteiger partial charge >= 0.3 is 6.18 Å². The molecule has 0 bridgehead atoms. The number of hydrogen-bond donors (Lipinski definition) is 2. The Balaban J connectivity index is 1.91. The molecule has 0 radical (unpaired) electrons. The van der Waals surface area contributed by atoms with E-state index in [-0.39, 0.29) is 11.3 Å². The van der Waals surface area contributed by atoms with Crippen LogP contribution in [0, 0.1) is 0 Å². The molecule has 0 unspecified atom stereocenters. The van der Waals surface area contributed by atoms with Gasteiger partial charge in [0.15, 0.2) is 0 Å². The zero-order chi connectivity index (χ0) is 22.5. The van der Waals surface area contributed by atoms with E-state index >= 15 is 0 Å². The third kappa shape index (κ3) is 5.93. The number of rotatable bonds is 7. The van der Waals surface area contributed by atoms with Crippen LogP contribution in [0.2, 0.25) is 0 Å². The SMILES string of the molecule is O=C(Nc1ccccc1C(F)(F)F)[C@@H](Cc1ccccc1)NS(=O)(=O)c1ccccc1. The van der Waals surface area contributed by atoms with Crippen LogP contribution in [0.5, 0.6) is 0 Å². The standard InChI is InChI=1S/C22H19F3N2O3S/c23-22(24,25)18-13-7-8-14-19(18)26-21(28)20(15-16-9-3-1-4-10-16)27-31(29,30)17-11-5-2-6-12-17/h1-14,20,27H,15H2,(H,26,28)/t20-/m1/s1. The van der Waals surface area contributed by atoms with Crippen LogP contribution in [-0.4, -0.2) is 20.4 Å². The van der Waals surface area contributed by atoms with Crippen LogP contribution in [0.3, 0.4) is 0 Å². The summed E-state index contributed by atoms with van der Waals surface area (Å²) in [6.07, 6.45) is -4.73. The van der Waals surface area contributed by atoms with Gasteiger partial charge in [-0.05, 0) is 36.2 Å². The van der Waals surface area contributed by atoms with Crippen molar-refractivity contribution < 1.29 is 26.4 Å². The van der Waals surface area contributed by atoms with Gasteiger partial charge in [0.05, 0.1) is 16.1 Å². The Morgan fingerprint density at radius 3 is 2.00 bits per heavy atom. The zero-order valence-corrected chi connectivity index (χ0v) is 17.0. The van der Waals surface area contributed by atoms with E-state index in [0.717, 1.165) is 12.1 Å². The van der Waals surface area contributed by atoms with Crippen LogP contribution < -0.4 is 10.0 Å². The molecular weight excluding hydrogens is 429 g/mol. The number of amides is 1. The lowest BCUT2D eigenvalue weighted by Crippen LogP contribution is -2.45. The van der Waals surface area contributed by atoms with E-state index < -0.39 is 39.4 Å². The molecular formula is C22H19F3N2O3S. The normalized spacial score (nSPS) is 12.9. The molecule has 31 heavy (non-hydrogen) atoms. The van der Waals surface area contributed by atoms with Crippen LogP contribution >= 0.6 is 0 Å². The maximum absolute atomic E-state index is 13.3. The molecule has 0 saturated carbocycles. The number of anilines is 1. The highest BCUT2D eigenvalue weighted by Crippen LogP contribution is 2.34. The first-order valence-corrected chi connectivity index (χ1v) is 10.7. The summed E-state index contributed by atoms with van der Waals surface area (Å²) in [6.45, 7) is 0. The molecule has 9 heteroatoms. The van der Waals surface area contributed by atoms with Gasteiger partial charge in [-0.15, -0.1) is 0 Å². The van der Waals surface area contributed by atoms with Gasteiger partial charge in [0.25, 0.3) is 0 Å². The maximum atomic E-state index is 13.3. The quantitative estimate of drug-likeness (QED) is 0.568. The van der Waals surface area contributed by atoms with Crippen molar-refractivity contribution in [1.29, 1.82) is 0 Å². The molecule has 3 aromatic rings. The number of sulfonamides is 1. The molecule has 1 atom stereocenters. The number of nitrogens with one attached hydrogen (secondary N) is 2. The van der Waals surface area contributed by atoms with E-state index in [2.05, 4.69) is 10.0 Å². The molecule has 0 aliphatic heterocycles. The summed E-state index contributed by atoms with van der Waals surface area (Å²) in [4.78, 5) is 12.8. The second-order valence-corrected chi connectivity index (χ2v) is 8.42. The minimum atomic E-state index is -4.68. The summed E-state index contributed by atoms with van der Waals surface area (Å²) in [6, 6.07) is 19.2. The monoisotopic (exact) mass is 448 g/mol. The van der Waals surface area contributed by atoms with Gasteiger partial charge in [-0.3, -0.25) is 4.79 Å². The lowest BCUT2D eigenvalue weighted by atomic mass is 10.1.